The molecular formula is C14H19N3. The van der Waals surface area contributed by atoms with E-state index in [1.165, 1.54) is 5.56 Å². The zero-order valence-corrected chi connectivity index (χ0v) is 10.4. The van der Waals surface area contributed by atoms with Gasteiger partial charge in [0.1, 0.15) is 0 Å². The predicted molar refractivity (Wildman–Crippen MR) is 70.5 cm³/mol. The Balaban J connectivity index is 2.12. The second kappa shape index (κ2) is 5.15. The fraction of sp³-hybridized carbons (Fsp3) is 0.357. The minimum atomic E-state index is 0.151. The number of nitrogens with two attached hydrogens (primary N) is 1. The molecule has 0 fully saturated rings. The zero-order chi connectivity index (χ0) is 12.3. The van der Waals surface area contributed by atoms with E-state index in [0.717, 1.165) is 12.1 Å². The van der Waals surface area contributed by atoms with Crippen LogP contribution in [0.1, 0.15) is 13.8 Å². The monoisotopic (exact) mass is 229 g/mol. The molecule has 2 N–H and O–H groups in total. The van der Waals surface area contributed by atoms with E-state index in [1.54, 1.807) is 0 Å². The summed E-state index contributed by atoms with van der Waals surface area (Å²) < 4.78 is 1.92. The van der Waals surface area contributed by atoms with Crippen LogP contribution in [0.4, 0.5) is 0 Å². The standard InChI is InChI=1S/C14H19N3/c1-11(2)14(15)10-17-9-13(8-16-17)12-6-4-3-5-7-12/h3-9,11,14H,10,15H2,1-2H3. The van der Waals surface area contributed by atoms with E-state index in [4.69, 9.17) is 5.73 Å². The summed E-state index contributed by atoms with van der Waals surface area (Å²) in [7, 11) is 0. The second-order valence-electron chi connectivity index (χ2n) is 4.72. The van der Waals surface area contributed by atoms with E-state index >= 15 is 0 Å². The molecular weight excluding hydrogens is 210 g/mol. The fourth-order valence-corrected chi connectivity index (χ4v) is 1.67. The lowest BCUT2D eigenvalue weighted by Crippen LogP contribution is -2.31. The lowest BCUT2D eigenvalue weighted by molar-refractivity contribution is 0.413. The highest BCUT2D eigenvalue weighted by molar-refractivity contribution is 5.61. The third-order valence-corrected chi connectivity index (χ3v) is 2.99. The Morgan fingerprint density at radius 1 is 1.18 bits per heavy atom. The van der Waals surface area contributed by atoms with Gasteiger partial charge in [-0.1, -0.05) is 44.2 Å². The number of aromatic nitrogens is 2. The first-order valence-electron chi connectivity index (χ1n) is 6.00. The molecule has 1 unspecified atom stereocenters. The van der Waals surface area contributed by atoms with Crippen LogP contribution in [-0.4, -0.2) is 15.8 Å². The largest absolute Gasteiger partial charge is 0.326 e. The first kappa shape index (κ1) is 11.9. The molecule has 1 heterocycles. The number of nitrogens with zero attached hydrogens (tertiary/aromatic N) is 2. The molecule has 0 aliphatic carbocycles. The van der Waals surface area contributed by atoms with E-state index < -0.39 is 0 Å². The van der Waals surface area contributed by atoms with Gasteiger partial charge in [0, 0.05) is 17.8 Å². The Labute approximate surface area is 102 Å². The smallest absolute Gasteiger partial charge is 0.0568 e. The van der Waals surface area contributed by atoms with Crippen LogP contribution in [0.3, 0.4) is 0 Å². The third kappa shape index (κ3) is 2.94. The van der Waals surface area contributed by atoms with Crippen molar-refractivity contribution in [2.45, 2.75) is 26.4 Å². The van der Waals surface area contributed by atoms with E-state index in [0.29, 0.717) is 5.92 Å². The summed E-state index contributed by atoms with van der Waals surface area (Å²) in [5, 5.41) is 4.35. The molecule has 1 aromatic carbocycles. The second-order valence-corrected chi connectivity index (χ2v) is 4.72. The molecule has 2 rings (SSSR count). The normalized spacial score (nSPS) is 12.9. The molecule has 0 saturated carbocycles. The maximum Gasteiger partial charge on any atom is 0.0568 e. The van der Waals surface area contributed by atoms with E-state index in [2.05, 4.69) is 37.3 Å². The fourth-order valence-electron chi connectivity index (χ4n) is 1.67. The molecule has 0 saturated heterocycles. The number of hydrogen-bond acceptors (Lipinski definition) is 2. The van der Waals surface area contributed by atoms with Crippen LogP contribution >= 0.6 is 0 Å². The molecule has 90 valence electrons. The van der Waals surface area contributed by atoms with Crippen molar-refractivity contribution in [2.24, 2.45) is 11.7 Å². The molecule has 17 heavy (non-hydrogen) atoms. The molecule has 1 aromatic heterocycles. The van der Waals surface area contributed by atoms with Crippen molar-refractivity contribution in [1.29, 1.82) is 0 Å². The van der Waals surface area contributed by atoms with Crippen molar-refractivity contribution in [1.82, 2.24) is 9.78 Å². The number of benzene rings is 1. The van der Waals surface area contributed by atoms with Gasteiger partial charge in [-0.05, 0) is 11.5 Å². The summed E-state index contributed by atoms with van der Waals surface area (Å²) in [4.78, 5) is 0. The van der Waals surface area contributed by atoms with Crippen LogP contribution in [0.25, 0.3) is 11.1 Å². The minimum Gasteiger partial charge on any atom is -0.326 e. The Kier molecular flexibility index (Phi) is 3.59. The van der Waals surface area contributed by atoms with Crippen LogP contribution in [-0.2, 0) is 6.54 Å². The van der Waals surface area contributed by atoms with Gasteiger partial charge in [0.2, 0.25) is 0 Å². The molecule has 0 amide bonds. The van der Waals surface area contributed by atoms with Crippen LogP contribution < -0.4 is 5.73 Å². The molecule has 0 aliphatic rings. The summed E-state index contributed by atoms with van der Waals surface area (Å²) >= 11 is 0. The van der Waals surface area contributed by atoms with Crippen LogP contribution in [0, 0.1) is 5.92 Å². The topological polar surface area (TPSA) is 43.8 Å². The molecule has 0 aliphatic heterocycles. The van der Waals surface area contributed by atoms with Crippen molar-refractivity contribution >= 4 is 0 Å². The van der Waals surface area contributed by atoms with Crippen molar-refractivity contribution in [3.05, 3.63) is 42.7 Å². The van der Waals surface area contributed by atoms with Gasteiger partial charge in [-0.25, -0.2) is 0 Å². The van der Waals surface area contributed by atoms with E-state index in [-0.39, 0.29) is 6.04 Å². The van der Waals surface area contributed by atoms with Crippen molar-refractivity contribution in [2.75, 3.05) is 0 Å². The van der Waals surface area contributed by atoms with Gasteiger partial charge >= 0.3 is 0 Å². The molecule has 0 bridgehead atoms. The Morgan fingerprint density at radius 3 is 2.53 bits per heavy atom. The number of hydrogen-bond donors (Lipinski definition) is 1. The molecule has 2 aromatic rings. The minimum absolute atomic E-state index is 0.151. The van der Waals surface area contributed by atoms with Crippen LogP contribution in [0.5, 0.6) is 0 Å². The highest BCUT2D eigenvalue weighted by atomic mass is 15.3. The third-order valence-electron chi connectivity index (χ3n) is 2.99. The quantitative estimate of drug-likeness (QED) is 0.875. The molecule has 1 atom stereocenters. The van der Waals surface area contributed by atoms with Crippen molar-refractivity contribution in [3.63, 3.8) is 0 Å². The van der Waals surface area contributed by atoms with Gasteiger partial charge in [0.05, 0.1) is 12.7 Å². The van der Waals surface area contributed by atoms with Gasteiger partial charge in [-0.2, -0.15) is 5.10 Å². The van der Waals surface area contributed by atoms with Crippen LogP contribution in [0.15, 0.2) is 42.7 Å². The average molecular weight is 229 g/mol. The van der Waals surface area contributed by atoms with Crippen molar-refractivity contribution in [3.8, 4) is 11.1 Å². The Hall–Kier alpha value is -1.61. The van der Waals surface area contributed by atoms with Crippen LogP contribution in [0.2, 0.25) is 0 Å². The van der Waals surface area contributed by atoms with Gasteiger partial charge in [-0.15, -0.1) is 0 Å². The van der Waals surface area contributed by atoms with E-state index in [9.17, 15) is 0 Å². The molecule has 0 radical (unpaired) electrons. The highest BCUT2D eigenvalue weighted by Gasteiger charge is 2.09. The zero-order valence-electron chi connectivity index (χ0n) is 10.4. The van der Waals surface area contributed by atoms with Gasteiger partial charge in [-0.3, -0.25) is 4.68 Å². The van der Waals surface area contributed by atoms with Crippen molar-refractivity contribution < 1.29 is 0 Å². The van der Waals surface area contributed by atoms with Gasteiger partial charge in [0.15, 0.2) is 0 Å². The molecule has 0 spiro atoms. The molecule has 3 nitrogen and oxygen atoms in total. The van der Waals surface area contributed by atoms with Gasteiger partial charge in [0.25, 0.3) is 0 Å². The van der Waals surface area contributed by atoms with Gasteiger partial charge < -0.3 is 5.73 Å². The molecule has 3 heteroatoms. The summed E-state index contributed by atoms with van der Waals surface area (Å²) in [6, 6.07) is 10.4. The summed E-state index contributed by atoms with van der Waals surface area (Å²) in [5.41, 5.74) is 8.37. The highest BCUT2D eigenvalue weighted by Crippen LogP contribution is 2.17. The lowest BCUT2D eigenvalue weighted by Gasteiger charge is -2.14. The predicted octanol–water partition coefficient (Wildman–Crippen LogP) is 2.53. The first-order chi connectivity index (χ1) is 8.16. The SMILES string of the molecule is CC(C)C(N)Cn1cc(-c2ccccc2)cn1. The number of rotatable bonds is 4. The Morgan fingerprint density at radius 2 is 1.88 bits per heavy atom. The lowest BCUT2D eigenvalue weighted by atomic mass is 10.1. The summed E-state index contributed by atoms with van der Waals surface area (Å²) in [6.45, 7) is 5.03. The Bertz CT molecular complexity index is 459. The average Bonchev–Trinajstić information content (AvgIpc) is 2.78. The first-order valence-corrected chi connectivity index (χ1v) is 6.00. The summed E-state index contributed by atoms with van der Waals surface area (Å²) in [6.07, 6.45) is 3.94. The van der Waals surface area contributed by atoms with E-state index in [1.807, 2.05) is 29.1 Å². The summed E-state index contributed by atoms with van der Waals surface area (Å²) in [5.74, 6) is 0.472. The maximum atomic E-state index is 6.04. The maximum absolute atomic E-state index is 6.04.